The molecule has 0 spiro atoms. The van der Waals surface area contributed by atoms with Crippen LogP contribution in [0.15, 0.2) is 46.9 Å². The third-order valence-electron chi connectivity index (χ3n) is 3.57. The second kappa shape index (κ2) is 6.94. The normalized spacial score (nSPS) is 10.7. The summed E-state index contributed by atoms with van der Waals surface area (Å²) in [6.07, 6.45) is 0. The van der Waals surface area contributed by atoms with Gasteiger partial charge in [0.2, 0.25) is 5.76 Å². The molecule has 2 aromatic carbocycles. The van der Waals surface area contributed by atoms with Crippen LogP contribution in [0.5, 0.6) is 0 Å². The number of hydrogen-bond donors (Lipinski definition) is 1. The topological polar surface area (TPSA) is 68.5 Å². The van der Waals surface area contributed by atoms with E-state index in [0.29, 0.717) is 11.1 Å². The molecule has 0 aliphatic heterocycles. The van der Waals surface area contributed by atoms with Crippen molar-refractivity contribution in [3.63, 3.8) is 0 Å². The van der Waals surface area contributed by atoms with Gasteiger partial charge >= 0.3 is 5.97 Å². The largest absolute Gasteiger partial charge is 0.450 e. The lowest BCUT2D eigenvalue weighted by Gasteiger charge is -2.07. The molecule has 0 aliphatic rings. The Balaban J connectivity index is 1.65. The number of halogens is 2. The summed E-state index contributed by atoms with van der Waals surface area (Å²) in [6.45, 7) is 1.21. The minimum absolute atomic E-state index is 0.0489. The van der Waals surface area contributed by atoms with E-state index in [1.54, 1.807) is 19.1 Å². The van der Waals surface area contributed by atoms with Crippen LogP contribution in [0, 0.1) is 12.7 Å². The molecule has 3 aromatic rings. The first-order valence-corrected chi connectivity index (χ1v) is 7.73. The number of fused-ring (bicyclic) bond motifs is 1. The Kier molecular flexibility index (Phi) is 4.72. The maximum atomic E-state index is 13.0. The van der Waals surface area contributed by atoms with Crippen LogP contribution < -0.4 is 5.32 Å². The van der Waals surface area contributed by atoms with Crippen LogP contribution in [0.3, 0.4) is 0 Å². The summed E-state index contributed by atoms with van der Waals surface area (Å²) in [5.41, 5.74) is 1.43. The lowest BCUT2D eigenvalue weighted by Crippen LogP contribution is -2.21. The molecule has 0 atom stereocenters. The minimum atomic E-state index is -0.742. The van der Waals surface area contributed by atoms with E-state index >= 15 is 0 Å². The number of carbonyl (C=O) groups is 2. The van der Waals surface area contributed by atoms with E-state index in [4.69, 9.17) is 20.8 Å². The molecule has 1 amide bonds. The molecular formula is C18H13ClFNO4. The average molecular weight is 362 g/mol. The fourth-order valence-corrected chi connectivity index (χ4v) is 2.56. The van der Waals surface area contributed by atoms with Crippen molar-refractivity contribution in [3.8, 4) is 0 Å². The van der Waals surface area contributed by atoms with E-state index in [-0.39, 0.29) is 16.5 Å². The van der Waals surface area contributed by atoms with Gasteiger partial charge < -0.3 is 14.5 Å². The number of nitrogens with one attached hydrogen (secondary N) is 1. The summed E-state index contributed by atoms with van der Waals surface area (Å²) in [5.74, 6) is -1.81. The van der Waals surface area contributed by atoms with Gasteiger partial charge in [-0.15, -0.1) is 0 Å². The molecule has 0 saturated carbocycles. The average Bonchev–Trinajstić information content (AvgIpc) is 2.93. The van der Waals surface area contributed by atoms with Crippen LogP contribution in [0.4, 0.5) is 10.1 Å². The Labute approximate surface area is 147 Å². The molecule has 1 N–H and O–H groups in total. The summed E-state index contributed by atoms with van der Waals surface area (Å²) in [5, 5.41) is 3.29. The highest BCUT2D eigenvalue weighted by Gasteiger charge is 2.20. The van der Waals surface area contributed by atoms with Crippen molar-refractivity contribution < 1.29 is 23.1 Å². The van der Waals surface area contributed by atoms with Crippen molar-refractivity contribution in [1.82, 2.24) is 0 Å². The molecule has 0 unspecified atom stereocenters. The third kappa shape index (κ3) is 3.64. The van der Waals surface area contributed by atoms with E-state index < -0.39 is 24.3 Å². The number of esters is 1. The molecule has 3 rings (SSSR count). The van der Waals surface area contributed by atoms with Crippen LogP contribution in [0.2, 0.25) is 5.02 Å². The highest BCUT2D eigenvalue weighted by molar-refractivity contribution is 6.33. The van der Waals surface area contributed by atoms with Crippen LogP contribution >= 0.6 is 11.6 Å². The molecular weight excluding hydrogens is 349 g/mol. The Morgan fingerprint density at radius 1 is 1.24 bits per heavy atom. The fourth-order valence-electron chi connectivity index (χ4n) is 2.34. The number of ether oxygens (including phenoxy) is 1. The van der Waals surface area contributed by atoms with Crippen molar-refractivity contribution in [3.05, 3.63) is 64.6 Å². The molecule has 0 fully saturated rings. The van der Waals surface area contributed by atoms with Crippen LogP contribution in [0.1, 0.15) is 16.1 Å². The SMILES string of the molecule is Cc1c(C(=O)OCC(=O)Nc2ccc(F)cc2Cl)oc2ccccc12. The van der Waals surface area contributed by atoms with Crippen molar-refractivity contribution in [1.29, 1.82) is 0 Å². The first kappa shape index (κ1) is 17.0. The number of rotatable bonds is 4. The number of furan rings is 1. The quantitative estimate of drug-likeness (QED) is 0.702. The highest BCUT2D eigenvalue weighted by Crippen LogP contribution is 2.25. The first-order chi connectivity index (χ1) is 12.0. The van der Waals surface area contributed by atoms with E-state index in [9.17, 15) is 14.0 Å². The zero-order valence-corrected chi connectivity index (χ0v) is 13.9. The first-order valence-electron chi connectivity index (χ1n) is 7.36. The van der Waals surface area contributed by atoms with Crippen molar-refractivity contribution in [2.24, 2.45) is 0 Å². The van der Waals surface area contributed by atoms with Gasteiger partial charge in [-0.3, -0.25) is 4.79 Å². The number of hydrogen-bond acceptors (Lipinski definition) is 4. The molecule has 25 heavy (non-hydrogen) atoms. The molecule has 0 saturated heterocycles. The summed E-state index contributed by atoms with van der Waals surface area (Å²) in [7, 11) is 0. The Hall–Kier alpha value is -2.86. The molecule has 7 heteroatoms. The number of amides is 1. The Bertz CT molecular complexity index is 967. The molecule has 1 aromatic heterocycles. The highest BCUT2D eigenvalue weighted by atomic mass is 35.5. The standard InChI is InChI=1S/C18H13ClFNO4/c1-10-12-4-2-3-5-15(12)25-17(10)18(23)24-9-16(22)21-14-7-6-11(20)8-13(14)19/h2-8H,9H2,1H3,(H,21,22). The smallest absolute Gasteiger partial charge is 0.375 e. The maximum absolute atomic E-state index is 13.0. The van der Waals surface area contributed by atoms with Crippen molar-refractivity contribution >= 4 is 40.1 Å². The van der Waals surface area contributed by atoms with Crippen LogP contribution in [-0.4, -0.2) is 18.5 Å². The van der Waals surface area contributed by atoms with Gasteiger partial charge in [0, 0.05) is 10.9 Å². The second-order valence-electron chi connectivity index (χ2n) is 5.30. The lowest BCUT2D eigenvalue weighted by molar-refractivity contribution is -0.119. The summed E-state index contributed by atoms with van der Waals surface area (Å²) < 4.78 is 23.4. The van der Waals surface area contributed by atoms with Gasteiger partial charge in [0.25, 0.3) is 5.91 Å². The van der Waals surface area contributed by atoms with Gasteiger partial charge in [-0.2, -0.15) is 0 Å². The zero-order valence-electron chi connectivity index (χ0n) is 13.1. The number of aryl methyl sites for hydroxylation is 1. The van der Waals surface area contributed by atoms with E-state index in [1.165, 1.54) is 6.07 Å². The van der Waals surface area contributed by atoms with Gasteiger partial charge in [0.05, 0.1) is 10.7 Å². The monoisotopic (exact) mass is 361 g/mol. The number of para-hydroxylation sites is 1. The van der Waals surface area contributed by atoms with Crippen LogP contribution in [-0.2, 0) is 9.53 Å². The number of benzene rings is 2. The summed E-state index contributed by atoms with van der Waals surface area (Å²) >= 11 is 5.82. The molecule has 1 heterocycles. The number of anilines is 1. The predicted octanol–water partition coefficient (Wildman–Crippen LogP) is 4.33. The Morgan fingerprint density at radius 3 is 2.72 bits per heavy atom. The maximum Gasteiger partial charge on any atom is 0.375 e. The Morgan fingerprint density at radius 2 is 2.00 bits per heavy atom. The van der Waals surface area contributed by atoms with Crippen molar-refractivity contribution in [2.75, 3.05) is 11.9 Å². The van der Waals surface area contributed by atoms with Crippen molar-refractivity contribution in [2.45, 2.75) is 6.92 Å². The molecule has 0 aliphatic carbocycles. The third-order valence-corrected chi connectivity index (χ3v) is 3.88. The fraction of sp³-hybridized carbons (Fsp3) is 0.111. The summed E-state index contributed by atoms with van der Waals surface area (Å²) in [4.78, 5) is 24.0. The van der Waals surface area contributed by atoms with E-state index in [1.807, 2.05) is 12.1 Å². The zero-order chi connectivity index (χ0) is 18.0. The molecule has 0 bridgehead atoms. The summed E-state index contributed by atoms with van der Waals surface area (Å²) in [6, 6.07) is 10.7. The van der Waals surface area contributed by atoms with Gasteiger partial charge in [-0.05, 0) is 31.2 Å². The molecule has 5 nitrogen and oxygen atoms in total. The van der Waals surface area contributed by atoms with Gasteiger partial charge in [0.1, 0.15) is 11.4 Å². The predicted molar refractivity (Wildman–Crippen MR) is 91.3 cm³/mol. The van der Waals surface area contributed by atoms with Crippen LogP contribution in [0.25, 0.3) is 11.0 Å². The van der Waals surface area contributed by atoms with E-state index in [2.05, 4.69) is 5.32 Å². The van der Waals surface area contributed by atoms with Gasteiger partial charge in [0.15, 0.2) is 6.61 Å². The van der Waals surface area contributed by atoms with Gasteiger partial charge in [-0.1, -0.05) is 29.8 Å². The lowest BCUT2D eigenvalue weighted by atomic mass is 10.1. The molecule has 0 radical (unpaired) electrons. The number of carbonyl (C=O) groups excluding carboxylic acids is 2. The molecule has 128 valence electrons. The second-order valence-corrected chi connectivity index (χ2v) is 5.71. The van der Waals surface area contributed by atoms with E-state index in [0.717, 1.165) is 17.5 Å². The minimum Gasteiger partial charge on any atom is -0.450 e. The van der Waals surface area contributed by atoms with Gasteiger partial charge in [-0.25, -0.2) is 9.18 Å².